The molecule has 1 fully saturated rings. The van der Waals surface area contributed by atoms with Crippen LogP contribution in [0.15, 0.2) is 0 Å². The maximum atomic E-state index is 13.5. The van der Waals surface area contributed by atoms with Crippen molar-refractivity contribution in [2.24, 2.45) is 10.8 Å². The van der Waals surface area contributed by atoms with Crippen molar-refractivity contribution in [3.8, 4) is 0 Å². The lowest BCUT2D eigenvalue weighted by molar-refractivity contribution is -0.160. The topological polar surface area (TPSA) is 223 Å². The normalized spacial score (nSPS) is 17.0. The SMILES string of the molecule is CCOCCOCCCNC(=O)[C@@H](CS(=O)(=O)O)NC(=O)CN1CCN(COC(=O)C(C)(C)C)CCN(COC(=O)C(C)(C)C)CCN(CC(=O)OC(C)(C)C)CC1. The second-order valence-electron chi connectivity index (χ2n) is 17.3. The number of nitrogens with one attached hydrogen (secondary N) is 2. The van der Waals surface area contributed by atoms with E-state index in [1.165, 1.54) is 0 Å². The third kappa shape index (κ3) is 25.5. The summed E-state index contributed by atoms with van der Waals surface area (Å²) >= 11 is 0. The van der Waals surface area contributed by atoms with E-state index in [4.69, 9.17) is 23.7 Å². The Kier molecular flexibility index (Phi) is 23.4. The second kappa shape index (κ2) is 25.6. The zero-order valence-corrected chi connectivity index (χ0v) is 37.4. The van der Waals surface area contributed by atoms with E-state index in [2.05, 4.69) is 10.6 Å². The van der Waals surface area contributed by atoms with E-state index < -0.39 is 62.1 Å². The molecule has 1 aliphatic heterocycles. The highest BCUT2D eigenvalue weighted by atomic mass is 32.2. The van der Waals surface area contributed by atoms with Crippen molar-refractivity contribution in [1.29, 1.82) is 0 Å². The van der Waals surface area contributed by atoms with Crippen molar-refractivity contribution in [2.75, 3.05) is 118 Å². The maximum Gasteiger partial charge on any atom is 0.320 e. The van der Waals surface area contributed by atoms with E-state index in [9.17, 15) is 36.9 Å². The van der Waals surface area contributed by atoms with Crippen molar-refractivity contribution in [3.05, 3.63) is 0 Å². The first-order valence-electron chi connectivity index (χ1n) is 19.9. The largest absolute Gasteiger partial charge is 0.459 e. The zero-order chi connectivity index (χ0) is 44.2. The first-order valence-corrected chi connectivity index (χ1v) is 21.5. The van der Waals surface area contributed by atoms with Gasteiger partial charge in [0.15, 0.2) is 0 Å². The predicted octanol–water partition coefficient (Wildman–Crippen LogP) is 0.575. The third-order valence-corrected chi connectivity index (χ3v) is 9.18. The number of rotatable bonds is 20. The van der Waals surface area contributed by atoms with Crippen molar-refractivity contribution in [2.45, 2.75) is 87.3 Å². The molecule has 0 saturated carbocycles. The molecule has 0 aromatic rings. The molecule has 2 amide bonds. The zero-order valence-electron chi connectivity index (χ0n) is 36.6. The van der Waals surface area contributed by atoms with Crippen LogP contribution in [0.1, 0.15) is 75.7 Å². The van der Waals surface area contributed by atoms with Crippen LogP contribution in [0.2, 0.25) is 0 Å². The van der Waals surface area contributed by atoms with Crippen LogP contribution in [-0.2, 0) is 57.8 Å². The number of hydrogen-bond donors (Lipinski definition) is 3. The number of esters is 3. The number of carbonyl (C=O) groups is 5. The molecule has 0 unspecified atom stereocenters. The molecule has 3 N–H and O–H groups in total. The average molecular weight is 853 g/mol. The molecule has 1 heterocycles. The number of nitrogens with zero attached hydrogens (tertiary/aromatic N) is 4. The highest BCUT2D eigenvalue weighted by Crippen LogP contribution is 2.17. The first-order chi connectivity index (χ1) is 26.8. The van der Waals surface area contributed by atoms with E-state index in [-0.39, 0.29) is 52.2 Å². The number of hydrogen-bond acceptors (Lipinski definition) is 16. The smallest absolute Gasteiger partial charge is 0.320 e. The van der Waals surface area contributed by atoms with Gasteiger partial charge in [0.2, 0.25) is 11.8 Å². The molecule has 1 atom stereocenters. The molecule has 0 spiro atoms. The minimum absolute atomic E-state index is 0.00114. The van der Waals surface area contributed by atoms with Crippen LogP contribution in [0.3, 0.4) is 0 Å². The predicted molar refractivity (Wildman–Crippen MR) is 216 cm³/mol. The summed E-state index contributed by atoms with van der Waals surface area (Å²) in [6.07, 6.45) is 0.416. The number of carbonyl (C=O) groups excluding carboxylic acids is 5. The Hall–Kier alpha value is -2.98. The lowest BCUT2D eigenvalue weighted by atomic mass is 9.97. The Bertz CT molecular complexity index is 1400. The highest BCUT2D eigenvalue weighted by molar-refractivity contribution is 7.85. The average Bonchev–Trinajstić information content (AvgIpc) is 3.07. The monoisotopic (exact) mass is 852 g/mol. The van der Waals surface area contributed by atoms with E-state index in [1.807, 2.05) is 21.6 Å². The molecule has 0 bridgehead atoms. The third-order valence-electron chi connectivity index (χ3n) is 8.42. The Labute approximate surface area is 345 Å². The first kappa shape index (κ1) is 53.0. The van der Waals surface area contributed by atoms with Gasteiger partial charge in [0, 0.05) is 72.1 Å². The standard InChI is InChI=1S/C38H72N6O13S/c1-11-53-23-24-54-22-12-13-39-33(47)30(27-58(50,51)52)40-31(45)25-41-14-15-42(26-32(46)57-38(8,9)10)17-19-44(29-56-35(49)37(5,6)7)21-20-43(18-16-41)28-55-34(48)36(2,3)4/h30H,11-29H2,1-10H3,(H,39,47)(H,40,45)(H,50,51,52)/t30-/m1/s1. The molecule has 19 nitrogen and oxygen atoms in total. The van der Waals surface area contributed by atoms with Gasteiger partial charge >= 0.3 is 17.9 Å². The lowest BCUT2D eigenvalue weighted by Gasteiger charge is -2.34. The highest BCUT2D eigenvalue weighted by Gasteiger charge is 2.29. The van der Waals surface area contributed by atoms with Crippen molar-refractivity contribution in [1.82, 2.24) is 30.2 Å². The Morgan fingerprint density at radius 1 is 0.672 bits per heavy atom. The molecule has 0 aromatic carbocycles. The quantitative estimate of drug-likeness (QED) is 0.0660. The molecule has 0 aliphatic carbocycles. The summed E-state index contributed by atoms with van der Waals surface area (Å²) < 4.78 is 60.8. The molecule has 1 rings (SSSR count). The van der Waals surface area contributed by atoms with Gasteiger partial charge in [-0.25, -0.2) is 0 Å². The van der Waals surface area contributed by atoms with Gasteiger partial charge in [0.1, 0.15) is 30.9 Å². The van der Waals surface area contributed by atoms with Gasteiger partial charge in [-0.2, -0.15) is 8.42 Å². The Morgan fingerprint density at radius 2 is 1.12 bits per heavy atom. The minimum Gasteiger partial charge on any atom is -0.459 e. The summed E-state index contributed by atoms with van der Waals surface area (Å²) in [4.78, 5) is 72.4. The Morgan fingerprint density at radius 3 is 1.55 bits per heavy atom. The number of ether oxygens (including phenoxy) is 5. The molecule has 58 heavy (non-hydrogen) atoms. The van der Waals surface area contributed by atoms with Gasteiger partial charge in [-0.3, -0.25) is 48.1 Å². The van der Waals surface area contributed by atoms with Gasteiger partial charge < -0.3 is 34.3 Å². The van der Waals surface area contributed by atoms with Crippen LogP contribution >= 0.6 is 0 Å². The maximum absolute atomic E-state index is 13.5. The summed E-state index contributed by atoms with van der Waals surface area (Å²) in [5.41, 5.74) is -2.18. The van der Waals surface area contributed by atoms with E-state index in [1.54, 1.807) is 67.2 Å². The van der Waals surface area contributed by atoms with E-state index >= 15 is 0 Å². The molecule has 1 aliphatic rings. The van der Waals surface area contributed by atoms with Crippen LogP contribution < -0.4 is 10.6 Å². The van der Waals surface area contributed by atoms with Gasteiger partial charge in [-0.05, 0) is 75.7 Å². The Balaban J connectivity index is 3.25. The van der Waals surface area contributed by atoms with Gasteiger partial charge in [-0.1, -0.05) is 0 Å². The number of amides is 2. The second-order valence-corrected chi connectivity index (χ2v) is 18.8. The van der Waals surface area contributed by atoms with Crippen molar-refractivity contribution >= 4 is 39.8 Å². The van der Waals surface area contributed by atoms with Crippen LogP contribution in [0.25, 0.3) is 0 Å². The molecule has 0 aromatic heterocycles. The molecular weight excluding hydrogens is 781 g/mol. The van der Waals surface area contributed by atoms with E-state index in [0.29, 0.717) is 72.1 Å². The fourth-order valence-corrected chi connectivity index (χ4v) is 5.81. The molecule has 338 valence electrons. The molecular formula is C38H72N6O13S. The molecule has 20 heteroatoms. The molecule has 0 radical (unpaired) electrons. The van der Waals surface area contributed by atoms with Gasteiger partial charge in [-0.15, -0.1) is 0 Å². The van der Waals surface area contributed by atoms with Crippen molar-refractivity contribution in [3.63, 3.8) is 0 Å². The van der Waals surface area contributed by atoms with Crippen molar-refractivity contribution < 1.29 is 60.6 Å². The van der Waals surface area contributed by atoms with Crippen LogP contribution in [0.4, 0.5) is 0 Å². The van der Waals surface area contributed by atoms with Crippen LogP contribution in [0.5, 0.6) is 0 Å². The van der Waals surface area contributed by atoms with Crippen LogP contribution in [-0.4, -0.2) is 192 Å². The summed E-state index contributed by atoms with van der Waals surface area (Å²) in [7, 11) is -4.66. The fourth-order valence-electron chi connectivity index (χ4n) is 5.15. The van der Waals surface area contributed by atoms with Crippen LogP contribution in [0, 0.1) is 10.8 Å². The minimum atomic E-state index is -4.66. The summed E-state index contributed by atoms with van der Waals surface area (Å²) in [6, 6.07) is -1.58. The van der Waals surface area contributed by atoms with E-state index in [0.717, 1.165) is 0 Å². The summed E-state index contributed by atoms with van der Waals surface area (Å²) in [5.74, 6) is -3.72. The lowest BCUT2D eigenvalue weighted by Crippen LogP contribution is -2.54. The summed E-state index contributed by atoms with van der Waals surface area (Å²) in [5, 5.41) is 5.04. The van der Waals surface area contributed by atoms with Gasteiger partial charge in [0.05, 0.1) is 37.1 Å². The van der Waals surface area contributed by atoms with Gasteiger partial charge in [0.25, 0.3) is 10.1 Å². The fraction of sp³-hybridized carbons (Fsp3) is 0.868. The summed E-state index contributed by atoms with van der Waals surface area (Å²) in [6.45, 7) is 21.8. The molecule has 1 saturated heterocycles.